The van der Waals surface area contributed by atoms with Crippen LogP contribution in [0.15, 0.2) is 76.5 Å². The molecular formula is C30H26O10. The normalized spacial score (nSPS) is 11.2. The van der Waals surface area contributed by atoms with Crippen LogP contribution in [0.4, 0.5) is 0 Å². The zero-order valence-corrected chi connectivity index (χ0v) is 21.9. The second-order valence-corrected chi connectivity index (χ2v) is 9.06. The fraction of sp³-hybridized carbons (Fsp3) is 0.267. The Hall–Kier alpha value is -4.86. The average Bonchev–Trinajstić information content (AvgIpc) is 3.42. The van der Waals surface area contributed by atoms with Gasteiger partial charge in [0.2, 0.25) is 0 Å². The second-order valence-electron chi connectivity index (χ2n) is 9.06. The van der Waals surface area contributed by atoms with Crippen LogP contribution in [0, 0.1) is 0 Å². The zero-order valence-electron chi connectivity index (χ0n) is 21.9. The van der Waals surface area contributed by atoms with E-state index in [9.17, 15) is 19.2 Å². The minimum atomic E-state index is -1.05. The highest BCUT2D eigenvalue weighted by atomic mass is 16.5. The molecule has 0 radical (unpaired) electrons. The van der Waals surface area contributed by atoms with E-state index in [1.807, 2.05) is 0 Å². The minimum absolute atomic E-state index is 0.221. The van der Waals surface area contributed by atoms with Crippen molar-refractivity contribution in [1.29, 1.82) is 0 Å². The number of benzene rings is 3. The highest BCUT2D eigenvalue weighted by molar-refractivity contribution is 6.10. The SMILES string of the molecule is CCCCOc1ccc(Oc2c3c(=O)oc(=O)c3c(Oc3ccc(OCCCC)cc3)c3c(=O)oc(=O)c23)cc1. The van der Waals surface area contributed by atoms with Gasteiger partial charge < -0.3 is 27.8 Å². The molecule has 3 aromatic carbocycles. The maximum absolute atomic E-state index is 12.8. The van der Waals surface area contributed by atoms with Crippen LogP contribution in [-0.2, 0) is 0 Å². The number of ether oxygens (including phenoxy) is 4. The third-order valence-electron chi connectivity index (χ3n) is 6.22. The molecule has 0 aliphatic heterocycles. The lowest BCUT2D eigenvalue weighted by Gasteiger charge is -2.12. The van der Waals surface area contributed by atoms with Gasteiger partial charge in [0.25, 0.3) is 0 Å². The maximum Gasteiger partial charge on any atom is 0.350 e. The van der Waals surface area contributed by atoms with Crippen LogP contribution in [0.3, 0.4) is 0 Å². The number of furan rings is 2. The average molecular weight is 547 g/mol. The maximum atomic E-state index is 12.8. The summed E-state index contributed by atoms with van der Waals surface area (Å²) in [4.78, 5) is 51.2. The van der Waals surface area contributed by atoms with E-state index in [0.717, 1.165) is 25.7 Å². The number of unbranched alkanes of at least 4 members (excludes halogenated alkanes) is 2. The lowest BCUT2D eigenvalue weighted by Crippen LogP contribution is -2.03. The van der Waals surface area contributed by atoms with Gasteiger partial charge in [-0.15, -0.1) is 0 Å². The fourth-order valence-corrected chi connectivity index (χ4v) is 4.17. The molecule has 10 nitrogen and oxygen atoms in total. The van der Waals surface area contributed by atoms with E-state index in [2.05, 4.69) is 13.8 Å². The highest BCUT2D eigenvalue weighted by Crippen LogP contribution is 2.41. The molecule has 2 aromatic heterocycles. The quantitative estimate of drug-likeness (QED) is 0.186. The van der Waals surface area contributed by atoms with Gasteiger partial charge in [0, 0.05) is 0 Å². The zero-order chi connectivity index (χ0) is 28.2. The molecule has 40 heavy (non-hydrogen) atoms. The largest absolute Gasteiger partial charge is 0.494 e. The molecule has 5 aromatic rings. The number of hydrogen-bond acceptors (Lipinski definition) is 10. The molecule has 0 aliphatic rings. The minimum Gasteiger partial charge on any atom is -0.494 e. The molecule has 206 valence electrons. The van der Waals surface area contributed by atoms with E-state index >= 15 is 0 Å². The van der Waals surface area contributed by atoms with Crippen LogP contribution in [-0.4, -0.2) is 13.2 Å². The van der Waals surface area contributed by atoms with Gasteiger partial charge in [0.15, 0.2) is 11.5 Å². The summed E-state index contributed by atoms with van der Waals surface area (Å²) in [7, 11) is 0. The van der Waals surface area contributed by atoms with Gasteiger partial charge in [-0.3, -0.25) is 0 Å². The Morgan fingerprint density at radius 2 is 0.800 bits per heavy atom. The van der Waals surface area contributed by atoms with Crippen molar-refractivity contribution in [3.05, 3.63) is 90.2 Å². The Labute approximate surface area is 227 Å². The third kappa shape index (κ3) is 5.20. The van der Waals surface area contributed by atoms with E-state index < -0.39 is 22.5 Å². The summed E-state index contributed by atoms with van der Waals surface area (Å²) in [5, 5.41) is -1.36. The lowest BCUT2D eigenvalue weighted by atomic mass is 10.1. The van der Waals surface area contributed by atoms with Gasteiger partial charge in [-0.1, -0.05) is 26.7 Å². The smallest absolute Gasteiger partial charge is 0.350 e. The summed E-state index contributed by atoms with van der Waals surface area (Å²) in [6, 6.07) is 12.9. The monoisotopic (exact) mass is 546 g/mol. The van der Waals surface area contributed by atoms with Crippen molar-refractivity contribution in [2.75, 3.05) is 13.2 Å². The predicted molar refractivity (Wildman–Crippen MR) is 147 cm³/mol. The first-order valence-electron chi connectivity index (χ1n) is 13.0. The van der Waals surface area contributed by atoms with Crippen molar-refractivity contribution < 1.29 is 27.8 Å². The van der Waals surface area contributed by atoms with Crippen LogP contribution < -0.4 is 41.4 Å². The molecule has 5 rings (SSSR count). The van der Waals surface area contributed by atoms with Crippen molar-refractivity contribution >= 4 is 21.5 Å². The van der Waals surface area contributed by atoms with Crippen molar-refractivity contribution in [2.45, 2.75) is 39.5 Å². The Morgan fingerprint density at radius 3 is 1.10 bits per heavy atom. The topological polar surface area (TPSA) is 131 Å². The first-order valence-corrected chi connectivity index (χ1v) is 13.0. The van der Waals surface area contributed by atoms with Gasteiger partial charge in [-0.25, -0.2) is 19.2 Å². The Kier molecular flexibility index (Phi) is 7.68. The molecule has 0 N–H and O–H groups in total. The number of fused-ring (bicyclic) bond motifs is 2. The van der Waals surface area contributed by atoms with Crippen LogP contribution >= 0.6 is 0 Å². The molecule has 2 heterocycles. The van der Waals surface area contributed by atoms with Crippen molar-refractivity contribution in [1.82, 2.24) is 0 Å². The first-order chi connectivity index (χ1) is 19.4. The van der Waals surface area contributed by atoms with E-state index in [1.54, 1.807) is 48.5 Å². The van der Waals surface area contributed by atoms with Gasteiger partial charge in [0.1, 0.15) is 44.5 Å². The molecule has 0 spiro atoms. The predicted octanol–water partition coefficient (Wildman–Crippen LogP) is 5.44. The molecule has 10 heteroatoms. The summed E-state index contributed by atoms with van der Waals surface area (Å²) in [6.07, 6.45) is 3.77. The summed E-state index contributed by atoms with van der Waals surface area (Å²) in [5.74, 6) is 0.987. The van der Waals surface area contributed by atoms with E-state index in [-0.39, 0.29) is 44.5 Å². The summed E-state index contributed by atoms with van der Waals surface area (Å²) in [5.41, 5.74) is -4.19. The second kappa shape index (κ2) is 11.5. The fourth-order valence-electron chi connectivity index (χ4n) is 4.17. The molecular weight excluding hydrogens is 520 g/mol. The van der Waals surface area contributed by atoms with Crippen molar-refractivity contribution in [3.8, 4) is 34.5 Å². The molecule has 0 aliphatic carbocycles. The number of rotatable bonds is 12. The molecule has 0 unspecified atom stereocenters. The van der Waals surface area contributed by atoms with Crippen molar-refractivity contribution in [2.24, 2.45) is 0 Å². The molecule has 0 saturated carbocycles. The molecule has 0 amide bonds. The van der Waals surface area contributed by atoms with Crippen LogP contribution in [0.5, 0.6) is 34.5 Å². The van der Waals surface area contributed by atoms with E-state index in [4.69, 9.17) is 27.8 Å². The summed E-state index contributed by atoms with van der Waals surface area (Å²) >= 11 is 0. The summed E-state index contributed by atoms with van der Waals surface area (Å²) in [6.45, 7) is 5.21. The van der Waals surface area contributed by atoms with Crippen molar-refractivity contribution in [3.63, 3.8) is 0 Å². The van der Waals surface area contributed by atoms with Crippen LogP contribution in [0.25, 0.3) is 21.5 Å². The standard InChI is InChI=1S/C30H26O10/c1-3-5-15-35-17-7-11-19(12-8-17)37-25-21-23(29(33)39-27(21)31)26(24-22(25)28(32)40-30(24)34)38-20-13-9-18(10-14-20)36-16-6-4-2/h7-14H,3-6,15-16H2,1-2H3. The van der Waals surface area contributed by atoms with Crippen LogP contribution in [0.2, 0.25) is 0 Å². The van der Waals surface area contributed by atoms with E-state index in [1.165, 1.54) is 0 Å². The highest BCUT2D eigenvalue weighted by Gasteiger charge is 2.30. The van der Waals surface area contributed by atoms with Gasteiger partial charge in [-0.05, 0) is 61.4 Å². The summed E-state index contributed by atoms with van der Waals surface area (Å²) < 4.78 is 32.8. The van der Waals surface area contributed by atoms with E-state index in [0.29, 0.717) is 24.7 Å². The lowest BCUT2D eigenvalue weighted by molar-refractivity contribution is 0.309. The van der Waals surface area contributed by atoms with Gasteiger partial charge in [-0.2, -0.15) is 0 Å². The van der Waals surface area contributed by atoms with Gasteiger partial charge in [0.05, 0.1) is 13.2 Å². The van der Waals surface area contributed by atoms with Crippen LogP contribution in [0.1, 0.15) is 39.5 Å². The van der Waals surface area contributed by atoms with Gasteiger partial charge >= 0.3 is 22.5 Å². The number of hydrogen-bond donors (Lipinski definition) is 0. The molecule has 0 bridgehead atoms. The molecule has 0 atom stereocenters. The Morgan fingerprint density at radius 1 is 0.500 bits per heavy atom. The molecule has 0 saturated heterocycles. The Balaban J connectivity index is 1.58. The third-order valence-corrected chi connectivity index (χ3v) is 6.22. The Bertz CT molecular complexity index is 1620. The molecule has 0 fully saturated rings. The first kappa shape index (κ1) is 26.7.